The molecule has 1 N–H and O–H groups in total. The van der Waals surface area contributed by atoms with Crippen molar-refractivity contribution in [2.75, 3.05) is 6.54 Å². The summed E-state index contributed by atoms with van der Waals surface area (Å²) in [4.78, 5) is 0. The average Bonchev–Trinajstić information content (AvgIpc) is 2.28. The highest BCUT2D eigenvalue weighted by atomic mass is 14.9. The Labute approximate surface area is 108 Å². The number of hydrogen-bond acceptors (Lipinski definition) is 1. The zero-order valence-electron chi connectivity index (χ0n) is 12.3. The Kier molecular flexibility index (Phi) is 5.72. The molecule has 1 aliphatic carbocycles. The summed E-state index contributed by atoms with van der Waals surface area (Å²) in [5.74, 6) is 0.867. The highest BCUT2D eigenvalue weighted by molar-refractivity contribution is 4.99. The molecule has 0 radical (unpaired) electrons. The molecule has 17 heavy (non-hydrogen) atoms. The van der Waals surface area contributed by atoms with Crippen LogP contribution in [0.3, 0.4) is 0 Å². The van der Waals surface area contributed by atoms with Crippen LogP contribution in [0, 0.1) is 11.3 Å². The number of hydrogen-bond donors (Lipinski definition) is 1. The Morgan fingerprint density at radius 1 is 1.29 bits per heavy atom. The van der Waals surface area contributed by atoms with Crippen LogP contribution in [0.2, 0.25) is 0 Å². The lowest BCUT2D eigenvalue weighted by Crippen LogP contribution is -2.39. The third-order valence-corrected chi connectivity index (χ3v) is 4.43. The smallest absolute Gasteiger partial charge is 0.0132 e. The summed E-state index contributed by atoms with van der Waals surface area (Å²) >= 11 is 0. The van der Waals surface area contributed by atoms with Gasteiger partial charge in [0.05, 0.1) is 0 Å². The van der Waals surface area contributed by atoms with Crippen molar-refractivity contribution in [2.45, 2.75) is 72.3 Å². The minimum atomic E-state index is 0.578. The van der Waals surface area contributed by atoms with Crippen molar-refractivity contribution >= 4 is 0 Å². The van der Waals surface area contributed by atoms with Crippen LogP contribution in [-0.4, -0.2) is 12.6 Å². The molecule has 0 heterocycles. The average molecular weight is 237 g/mol. The minimum absolute atomic E-state index is 0.578. The predicted octanol–water partition coefficient (Wildman–Crippen LogP) is 4.54. The van der Waals surface area contributed by atoms with E-state index in [4.69, 9.17) is 0 Å². The van der Waals surface area contributed by atoms with Gasteiger partial charge in [-0.15, -0.1) is 0 Å². The van der Waals surface area contributed by atoms with Gasteiger partial charge in [-0.3, -0.25) is 0 Å². The van der Waals surface area contributed by atoms with Crippen LogP contribution in [0.1, 0.15) is 66.2 Å². The van der Waals surface area contributed by atoms with E-state index in [1.807, 2.05) is 0 Å². The highest BCUT2D eigenvalue weighted by Crippen LogP contribution is 2.40. The molecule has 1 unspecified atom stereocenters. The maximum absolute atomic E-state index is 4.18. The van der Waals surface area contributed by atoms with Crippen LogP contribution in [-0.2, 0) is 0 Å². The number of nitrogens with one attached hydrogen (secondary N) is 1. The number of rotatable bonds is 6. The summed E-state index contributed by atoms with van der Waals surface area (Å²) in [6, 6.07) is 0.670. The molecule has 0 aromatic carbocycles. The van der Waals surface area contributed by atoms with Crippen molar-refractivity contribution in [1.82, 2.24) is 5.32 Å². The van der Waals surface area contributed by atoms with Crippen LogP contribution in [0.5, 0.6) is 0 Å². The fraction of sp³-hybridized carbons (Fsp3) is 0.875. The van der Waals surface area contributed by atoms with E-state index >= 15 is 0 Å². The molecule has 0 aromatic heterocycles. The fourth-order valence-corrected chi connectivity index (χ4v) is 2.95. The van der Waals surface area contributed by atoms with Crippen molar-refractivity contribution < 1.29 is 0 Å². The van der Waals surface area contributed by atoms with Gasteiger partial charge in [0.1, 0.15) is 0 Å². The van der Waals surface area contributed by atoms with Gasteiger partial charge in [-0.2, -0.15) is 0 Å². The fourth-order valence-electron chi connectivity index (χ4n) is 2.95. The molecule has 1 nitrogen and oxygen atoms in total. The van der Waals surface area contributed by atoms with E-state index in [1.165, 1.54) is 37.7 Å². The Morgan fingerprint density at radius 3 is 2.35 bits per heavy atom. The van der Waals surface area contributed by atoms with Crippen molar-refractivity contribution in [2.24, 2.45) is 11.3 Å². The molecule has 100 valence electrons. The van der Waals surface area contributed by atoms with Crippen molar-refractivity contribution in [3.63, 3.8) is 0 Å². The Hall–Kier alpha value is -0.300. The highest BCUT2D eigenvalue weighted by Gasteiger charge is 2.30. The zero-order valence-corrected chi connectivity index (χ0v) is 12.3. The monoisotopic (exact) mass is 237 g/mol. The molecule has 0 saturated heterocycles. The summed E-state index contributed by atoms with van der Waals surface area (Å²) in [6.45, 7) is 14.5. The summed E-state index contributed by atoms with van der Waals surface area (Å²) in [7, 11) is 0. The molecule has 1 atom stereocenters. The van der Waals surface area contributed by atoms with Gasteiger partial charge in [-0.1, -0.05) is 39.8 Å². The molecule has 1 aliphatic rings. The van der Waals surface area contributed by atoms with Gasteiger partial charge in [-0.05, 0) is 56.4 Å². The molecule has 1 rings (SSSR count). The predicted molar refractivity (Wildman–Crippen MR) is 77.3 cm³/mol. The van der Waals surface area contributed by atoms with E-state index in [0.717, 1.165) is 18.9 Å². The molecular formula is C16H31N. The van der Waals surface area contributed by atoms with Gasteiger partial charge in [0, 0.05) is 6.04 Å². The van der Waals surface area contributed by atoms with Crippen LogP contribution < -0.4 is 5.32 Å². The van der Waals surface area contributed by atoms with Gasteiger partial charge >= 0.3 is 0 Å². The van der Waals surface area contributed by atoms with E-state index in [1.54, 1.807) is 0 Å². The molecule has 1 heteroatoms. The van der Waals surface area contributed by atoms with E-state index in [2.05, 4.69) is 39.6 Å². The van der Waals surface area contributed by atoms with Crippen molar-refractivity contribution in [3.8, 4) is 0 Å². The second-order valence-electron chi connectivity index (χ2n) is 6.47. The van der Waals surface area contributed by atoms with Gasteiger partial charge in [0.25, 0.3) is 0 Å². The van der Waals surface area contributed by atoms with Crippen LogP contribution in [0.15, 0.2) is 12.2 Å². The second kappa shape index (κ2) is 6.58. The van der Waals surface area contributed by atoms with Gasteiger partial charge < -0.3 is 5.32 Å². The van der Waals surface area contributed by atoms with Crippen LogP contribution >= 0.6 is 0 Å². The summed E-state index contributed by atoms with van der Waals surface area (Å²) < 4.78 is 0. The van der Waals surface area contributed by atoms with Crippen molar-refractivity contribution in [1.29, 1.82) is 0 Å². The summed E-state index contributed by atoms with van der Waals surface area (Å²) in [5, 5.41) is 3.68. The molecule has 0 aromatic rings. The third-order valence-electron chi connectivity index (χ3n) is 4.43. The minimum Gasteiger partial charge on any atom is -0.314 e. The first-order valence-corrected chi connectivity index (χ1v) is 7.38. The zero-order chi connectivity index (χ0) is 12.9. The maximum atomic E-state index is 4.18. The Morgan fingerprint density at radius 2 is 1.88 bits per heavy atom. The first-order valence-electron chi connectivity index (χ1n) is 7.38. The molecule has 0 bridgehead atoms. The lowest BCUT2D eigenvalue weighted by Gasteiger charge is -2.38. The lowest BCUT2D eigenvalue weighted by atomic mass is 9.70. The van der Waals surface area contributed by atoms with Crippen molar-refractivity contribution in [3.05, 3.63) is 12.2 Å². The Bertz CT molecular complexity index is 232. The van der Waals surface area contributed by atoms with E-state index in [-0.39, 0.29) is 0 Å². The van der Waals surface area contributed by atoms with Gasteiger partial charge in [-0.25, -0.2) is 0 Å². The first kappa shape index (κ1) is 14.8. The standard InChI is InChI=1S/C16H31N/c1-6-13(3)12-15(17-7-2)14-8-10-16(4,5)11-9-14/h14-15,17H,3,6-12H2,1-2,4-5H3. The molecule has 1 fully saturated rings. The van der Waals surface area contributed by atoms with Crippen LogP contribution in [0.4, 0.5) is 0 Å². The van der Waals surface area contributed by atoms with E-state index < -0.39 is 0 Å². The molecule has 0 spiro atoms. The van der Waals surface area contributed by atoms with E-state index in [9.17, 15) is 0 Å². The molecule has 1 saturated carbocycles. The first-order chi connectivity index (χ1) is 7.98. The molecular weight excluding hydrogens is 206 g/mol. The normalized spacial score (nSPS) is 22.4. The topological polar surface area (TPSA) is 12.0 Å². The molecule has 0 amide bonds. The summed E-state index contributed by atoms with van der Waals surface area (Å²) in [6.07, 6.45) is 7.86. The summed E-state index contributed by atoms with van der Waals surface area (Å²) in [5.41, 5.74) is 1.98. The molecule has 0 aliphatic heterocycles. The SMILES string of the molecule is C=C(CC)CC(NCC)C1CCC(C)(C)CC1. The third kappa shape index (κ3) is 4.83. The quantitative estimate of drug-likeness (QED) is 0.669. The van der Waals surface area contributed by atoms with Crippen LogP contribution in [0.25, 0.3) is 0 Å². The Balaban J connectivity index is 2.50. The van der Waals surface area contributed by atoms with E-state index in [0.29, 0.717) is 11.5 Å². The lowest BCUT2D eigenvalue weighted by molar-refractivity contribution is 0.161. The second-order valence-corrected chi connectivity index (χ2v) is 6.47. The van der Waals surface area contributed by atoms with Gasteiger partial charge in [0.15, 0.2) is 0 Å². The maximum Gasteiger partial charge on any atom is 0.0132 e. The largest absolute Gasteiger partial charge is 0.314 e. The van der Waals surface area contributed by atoms with Gasteiger partial charge in [0.2, 0.25) is 0 Å².